The van der Waals surface area contributed by atoms with Gasteiger partial charge in [0, 0.05) is 41.5 Å². The summed E-state index contributed by atoms with van der Waals surface area (Å²) in [5, 5.41) is 6.32. The van der Waals surface area contributed by atoms with Gasteiger partial charge in [-0.05, 0) is 54.6 Å². The molecule has 4 rings (SSSR count). The molecule has 0 atom stereocenters. The lowest BCUT2D eigenvalue weighted by Crippen LogP contribution is -2.38. The van der Waals surface area contributed by atoms with Gasteiger partial charge in [0.15, 0.2) is 0 Å². The Morgan fingerprint density at radius 2 is 1.63 bits per heavy atom. The van der Waals surface area contributed by atoms with Crippen LogP contribution in [-0.4, -0.2) is 31.8 Å². The number of amides is 2. The lowest BCUT2D eigenvalue weighted by atomic mass is 10.2. The molecule has 8 nitrogen and oxygen atoms in total. The summed E-state index contributed by atoms with van der Waals surface area (Å²) in [6.45, 7) is 0.792. The van der Waals surface area contributed by atoms with Crippen molar-refractivity contribution in [3.05, 3.63) is 91.0 Å². The fourth-order valence-corrected chi connectivity index (χ4v) is 5.21. The molecule has 0 aliphatic rings. The number of nitrogens with one attached hydrogen (secondary N) is 2. The third-order valence-corrected chi connectivity index (χ3v) is 6.91. The highest BCUT2D eigenvalue weighted by atomic mass is 32.2. The fourth-order valence-electron chi connectivity index (χ4n) is 3.57. The van der Waals surface area contributed by atoms with Crippen molar-refractivity contribution in [2.24, 2.45) is 0 Å². The van der Waals surface area contributed by atoms with Crippen LogP contribution in [0, 0.1) is 5.82 Å². The predicted molar refractivity (Wildman–Crippen MR) is 132 cm³/mol. The fraction of sp³-hybridized carbons (Fsp3) is 0.0800. The number of hydrogen-bond donors (Lipinski definition) is 2. The van der Waals surface area contributed by atoms with Gasteiger partial charge in [0.05, 0.1) is 10.6 Å². The molecular weight excluding hydrogens is 471 g/mol. The van der Waals surface area contributed by atoms with Gasteiger partial charge in [-0.15, -0.1) is 0 Å². The van der Waals surface area contributed by atoms with E-state index < -0.39 is 28.3 Å². The van der Waals surface area contributed by atoms with Crippen molar-refractivity contribution < 1.29 is 22.4 Å². The minimum atomic E-state index is -4.24. The molecule has 35 heavy (non-hydrogen) atoms. The van der Waals surface area contributed by atoms with Crippen molar-refractivity contribution in [3.8, 4) is 0 Å². The molecule has 3 aromatic carbocycles. The van der Waals surface area contributed by atoms with E-state index in [1.165, 1.54) is 31.3 Å². The van der Waals surface area contributed by atoms with E-state index in [1.54, 1.807) is 48.7 Å². The number of anilines is 3. The molecule has 0 saturated carbocycles. The van der Waals surface area contributed by atoms with Crippen LogP contribution in [0.4, 0.5) is 21.5 Å². The van der Waals surface area contributed by atoms with Gasteiger partial charge in [0.2, 0.25) is 11.8 Å². The molecule has 0 bridgehead atoms. The second kappa shape index (κ2) is 9.90. The maximum Gasteiger partial charge on any atom is 0.265 e. The van der Waals surface area contributed by atoms with Crippen LogP contribution >= 0.6 is 0 Å². The summed E-state index contributed by atoms with van der Waals surface area (Å²) < 4.78 is 42.1. The van der Waals surface area contributed by atoms with E-state index in [2.05, 4.69) is 15.6 Å². The molecule has 0 spiro atoms. The summed E-state index contributed by atoms with van der Waals surface area (Å²) in [6, 6.07) is 17.6. The maximum absolute atomic E-state index is 13.8. The molecule has 0 saturated heterocycles. The van der Waals surface area contributed by atoms with Crippen molar-refractivity contribution in [2.75, 3.05) is 21.5 Å². The van der Waals surface area contributed by atoms with Gasteiger partial charge in [0.25, 0.3) is 10.0 Å². The smallest absolute Gasteiger partial charge is 0.265 e. The summed E-state index contributed by atoms with van der Waals surface area (Å²) in [5.74, 6) is -1.44. The van der Waals surface area contributed by atoms with Crippen molar-refractivity contribution in [2.45, 2.75) is 11.8 Å². The molecule has 0 fully saturated rings. The van der Waals surface area contributed by atoms with Gasteiger partial charge in [-0.25, -0.2) is 12.8 Å². The van der Waals surface area contributed by atoms with Crippen LogP contribution in [0.5, 0.6) is 0 Å². The highest BCUT2D eigenvalue weighted by molar-refractivity contribution is 7.93. The number of carbonyl (C=O) groups excluding carboxylic acids is 2. The van der Waals surface area contributed by atoms with Crippen LogP contribution in [0.25, 0.3) is 10.8 Å². The monoisotopic (exact) mass is 492 g/mol. The summed E-state index contributed by atoms with van der Waals surface area (Å²) in [6.07, 6.45) is 3.03. The number of aromatic nitrogens is 1. The average Bonchev–Trinajstić information content (AvgIpc) is 2.82. The van der Waals surface area contributed by atoms with Crippen LogP contribution in [0.2, 0.25) is 0 Å². The van der Waals surface area contributed by atoms with E-state index >= 15 is 0 Å². The van der Waals surface area contributed by atoms with E-state index in [1.807, 2.05) is 0 Å². The molecule has 1 aromatic heterocycles. The van der Waals surface area contributed by atoms with Crippen LogP contribution in [0.1, 0.15) is 6.92 Å². The Balaban J connectivity index is 1.69. The Bertz CT molecular complexity index is 1500. The zero-order valence-electron chi connectivity index (χ0n) is 18.6. The van der Waals surface area contributed by atoms with Crippen molar-refractivity contribution in [3.63, 3.8) is 0 Å². The number of sulfonamides is 1. The number of benzene rings is 3. The third kappa shape index (κ3) is 5.44. The van der Waals surface area contributed by atoms with E-state index in [0.29, 0.717) is 22.1 Å². The number of pyridine rings is 1. The molecule has 0 aliphatic carbocycles. The van der Waals surface area contributed by atoms with E-state index in [4.69, 9.17) is 0 Å². The first kappa shape index (κ1) is 23.8. The molecule has 10 heteroatoms. The first-order chi connectivity index (χ1) is 16.7. The van der Waals surface area contributed by atoms with Crippen LogP contribution in [-0.2, 0) is 19.6 Å². The third-order valence-electron chi connectivity index (χ3n) is 5.08. The lowest BCUT2D eigenvalue weighted by Gasteiger charge is -2.25. The quantitative estimate of drug-likeness (QED) is 0.403. The van der Waals surface area contributed by atoms with Crippen LogP contribution in [0.3, 0.4) is 0 Å². The second-order valence-corrected chi connectivity index (χ2v) is 9.48. The van der Waals surface area contributed by atoms with Crippen LogP contribution < -0.4 is 14.9 Å². The molecule has 0 radical (unpaired) electrons. The maximum atomic E-state index is 13.8. The molecule has 1 heterocycles. The predicted octanol–water partition coefficient (Wildman–Crippen LogP) is 4.17. The summed E-state index contributed by atoms with van der Waals surface area (Å²) >= 11 is 0. The first-order valence-corrected chi connectivity index (χ1v) is 12.0. The Hall–Kier alpha value is -4.31. The number of halogens is 1. The Kier molecular flexibility index (Phi) is 6.74. The van der Waals surface area contributed by atoms with Gasteiger partial charge in [-0.3, -0.25) is 18.9 Å². The summed E-state index contributed by atoms with van der Waals surface area (Å²) in [5.41, 5.74) is 0.969. The summed E-state index contributed by atoms with van der Waals surface area (Å²) in [4.78, 5) is 28.3. The molecule has 0 unspecified atom stereocenters. The van der Waals surface area contributed by atoms with Gasteiger partial charge in [0.1, 0.15) is 12.4 Å². The first-order valence-electron chi connectivity index (χ1n) is 10.5. The number of rotatable bonds is 7. The average molecular weight is 493 g/mol. The standard InChI is InChI=1S/C25H21FN4O4S/c1-17(31)28-20-5-3-6-21(14-20)29-25(32)16-30(22-10-8-19(26)9-11-22)35(33,34)24-7-2-4-18-15-27-13-12-23(18)24/h2-15H,16H2,1H3,(H,28,31)(H,29,32). The molecular formula is C25H21FN4O4S. The Morgan fingerprint density at radius 3 is 2.34 bits per heavy atom. The van der Waals surface area contributed by atoms with Gasteiger partial charge < -0.3 is 10.6 Å². The van der Waals surface area contributed by atoms with Crippen molar-refractivity contribution in [1.29, 1.82) is 0 Å². The van der Waals surface area contributed by atoms with Crippen LogP contribution in [0.15, 0.2) is 90.1 Å². The molecule has 178 valence electrons. The zero-order chi connectivity index (χ0) is 25.0. The van der Waals surface area contributed by atoms with Gasteiger partial charge in [-0.2, -0.15) is 0 Å². The number of nitrogens with zero attached hydrogens (tertiary/aromatic N) is 2. The minimum Gasteiger partial charge on any atom is -0.326 e. The number of carbonyl (C=O) groups is 2. The van der Waals surface area contributed by atoms with E-state index in [0.717, 1.165) is 16.4 Å². The van der Waals surface area contributed by atoms with Crippen molar-refractivity contribution >= 4 is 49.7 Å². The number of hydrogen-bond acceptors (Lipinski definition) is 5. The Morgan fingerprint density at radius 1 is 0.943 bits per heavy atom. The normalized spacial score (nSPS) is 11.1. The Labute approximate surface area is 201 Å². The van der Waals surface area contributed by atoms with E-state index in [-0.39, 0.29) is 16.5 Å². The number of fused-ring (bicyclic) bond motifs is 1. The largest absolute Gasteiger partial charge is 0.326 e. The second-order valence-electron chi connectivity index (χ2n) is 7.65. The topological polar surface area (TPSA) is 108 Å². The lowest BCUT2D eigenvalue weighted by molar-refractivity contribution is -0.115. The SMILES string of the molecule is CC(=O)Nc1cccc(NC(=O)CN(c2ccc(F)cc2)S(=O)(=O)c2cccc3cnccc23)c1. The summed E-state index contributed by atoms with van der Waals surface area (Å²) in [7, 11) is -4.24. The molecule has 0 aliphatic heterocycles. The molecule has 2 amide bonds. The van der Waals surface area contributed by atoms with E-state index in [9.17, 15) is 22.4 Å². The highest BCUT2D eigenvalue weighted by Crippen LogP contribution is 2.29. The highest BCUT2D eigenvalue weighted by Gasteiger charge is 2.29. The molecule has 2 N–H and O–H groups in total. The van der Waals surface area contributed by atoms with Crippen molar-refractivity contribution in [1.82, 2.24) is 4.98 Å². The van der Waals surface area contributed by atoms with Gasteiger partial charge in [-0.1, -0.05) is 18.2 Å². The minimum absolute atomic E-state index is 0.0119. The molecule has 4 aromatic rings. The zero-order valence-corrected chi connectivity index (χ0v) is 19.4. The van der Waals surface area contributed by atoms with Gasteiger partial charge >= 0.3 is 0 Å².